The van der Waals surface area contributed by atoms with E-state index in [4.69, 9.17) is 4.74 Å². The van der Waals surface area contributed by atoms with Gasteiger partial charge in [0.15, 0.2) is 5.16 Å². The van der Waals surface area contributed by atoms with Crippen LogP contribution >= 0.6 is 11.8 Å². The van der Waals surface area contributed by atoms with E-state index < -0.39 is 0 Å². The van der Waals surface area contributed by atoms with Gasteiger partial charge in [0.1, 0.15) is 0 Å². The van der Waals surface area contributed by atoms with Gasteiger partial charge in [-0.3, -0.25) is 9.36 Å². The van der Waals surface area contributed by atoms with Crippen molar-refractivity contribution in [2.75, 3.05) is 43.5 Å². The Morgan fingerprint density at radius 1 is 1.36 bits per heavy atom. The van der Waals surface area contributed by atoms with Crippen molar-refractivity contribution in [1.82, 2.24) is 20.1 Å². The van der Waals surface area contributed by atoms with Crippen molar-refractivity contribution in [1.29, 1.82) is 0 Å². The number of anilines is 1. The fourth-order valence-electron chi connectivity index (χ4n) is 2.29. The minimum atomic E-state index is 0.0273. The van der Waals surface area contributed by atoms with Crippen molar-refractivity contribution in [3.05, 3.63) is 0 Å². The van der Waals surface area contributed by atoms with E-state index in [-0.39, 0.29) is 5.91 Å². The Morgan fingerprint density at radius 2 is 2.09 bits per heavy atom. The van der Waals surface area contributed by atoms with Gasteiger partial charge in [-0.15, -0.1) is 10.2 Å². The molecule has 0 spiro atoms. The molecule has 0 bridgehead atoms. The standard InChI is InChI=1S/C14H25N5O2S/c1-4-15-12(20)10-22-14-17-16-13(19(14)9-11(2)3)18-5-7-21-8-6-18/h11H,4-10H2,1-3H3,(H,15,20). The second-order valence-corrected chi connectivity index (χ2v) is 6.57. The van der Waals surface area contributed by atoms with E-state index in [0.29, 0.717) is 18.2 Å². The van der Waals surface area contributed by atoms with E-state index in [1.165, 1.54) is 11.8 Å². The lowest BCUT2D eigenvalue weighted by molar-refractivity contribution is -0.118. The Labute approximate surface area is 135 Å². The number of carbonyl (C=O) groups excluding carboxylic acids is 1. The van der Waals surface area contributed by atoms with Crippen molar-refractivity contribution in [3.8, 4) is 0 Å². The third-order valence-electron chi connectivity index (χ3n) is 3.25. The van der Waals surface area contributed by atoms with E-state index in [2.05, 4.69) is 38.8 Å². The highest BCUT2D eigenvalue weighted by molar-refractivity contribution is 7.99. The van der Waals surface area contributed by atoms with Crippen LogP contribution < -0.4 is 10.2 Å². The number of aromatic nitrogens is 3. The molecular weight excluding hydrogens is 302 g/mol. The molecule has 1 aliphatic rings. The van der Waals surface area contributed by atoms with Crippen LogP contribution in [0.5, 0.6) is 0 Å². The zero-order valence-electron chi connectivity index (χ0n) is 13.5. The largest absolute Gasteiger partial charge is 0.378 e. The highest BCUT2D eigenvalue weighted by Gasteiger charge is 2.21. The molecule has 1 saturated heterocycles. The van der Waals surface area contributed by atoms with Gasteiger partial charge in [-0.25, -0.2) is 0 Å². The highest BCUT2D eigenvalue weighted by Crippen LogP contribution is 2.23. The normalized spacial score (nSPS) is 15.4. The quantitative estimate of drug-likeness (QED) is 0.753. The molecular formula is C14H25N5O2S. The van der Waals surface area contributed by atoms with E-state index in [1.54, 1.807) is 0 Å². The molecule has 7 nitrogen and oxygen atoms in total. The predicted octanol–water partition coefficient (Wildman–Crippen LogP) is 0.999. The van der Waals surface area contributed by atoms with Crippen LogP contribution in [0.3, 0.4) is 0 Å². The molecule has 1 aromatic heterocycles. The third-order valence-corrected chi connectivity index (χ3v) is 4.21. The fraction of sp³-hybridized carbons (Fsp3) is 0.786. The van der Waals surface area contributed by atoms with Gasteiger partial charge < -0.3 is 15.0 Å². The first kappa shape index (κ1) is 17.1. The van der Waals surface area contributed by atoms with Gasteiger partial charge in [0.25, 0.3) is 0 Å². The SMILES string of the molecule is CCNC(=O)CSc1nnc(N2CCOCC2)n1CC(C)C. The van der Waals surface area contributed by atoms with Gasteiger partial charge in [0.2, 0.25) is 11.9 Å². The molecule has 0 aromatic carbocycles. The van der Waals surface area contributed by atoms with Gasteiger partial charge in [-0.1, -0.05) is 25.6 Å². The summed E-state index contributed by atoms with van der Waals surface area (Å²) in [6.45, 7) is 10.8. The molecule has 1 fully saturated rings. The maximum atomic E-state index is 11.6. The van der Waals surface area contributed by atoms with Crippen molar-refractivity contribution in [2.24, 2.45) is 5.92 Å². The van der Waals surface area contributed by atoms with Crippen LogP contribution in [0.2, 0.25) is 0 Å². The summed E-state index contributed by atoms with van der Waals surface area (Å²) in [4.78, 5) is 13.8. The Bertz CT molecular complexity index is 486. The fourth-order valence-corrected chi connectivity index (χ4v) is 3.06. The van der Waals surface area contributed by atoms with Crippen LogP contribution in [-0.4, -0.2) is 59.3 Å². The number of carbonyl (C=O) groups is 1. The van der Waals surface area contributed by atoms with Crippen LogP contribution in [-0.2, 0) is 16.1 Å². The minimum absolute atomic E-state index is 0.0273. The molecule has 124 valence electrons. The van der Waals surface area contributed by atoms with Crippen LogP contribution in [0.15, 0.2) is 5.16 Å². The predicted molar refractivity (Wildman–Crippen MR) is 87.3 cm³/mol. The van der Waals surface area contributed by atoms with Crippen molar-refractivity contribution in [3.63, 3.8) is 0 Å². The van der Waals surface area contributed by atoms with Gasteiger partial charge in [0, 0.05) is 26.2 Å². The van der Waals surface area contributed by atoms with Crippen LogP contribution in [0.25, 0.3) is 0 Å². The maximum absolute atomic E-state index is 11.6. The van der Waals surface area contributed by atoms with Gasteiger partial charge in [-0.2, -0.15) is 0 Å². The Morgan fingerprint density at radius 3 is 2.73 bits per heavy atom. The smallest absolute Gasteiger partial charge is 0.230 e. The first-order valence-electron chi connectivity index (χ1n) is 7.77. The Kier molecular flexibility index (Phi) is 6.50. The summed E-state index contributed by atoms with van der Waals surface area (Å²) in [7, 11) is 0. The van der Waals surface area contributed by atoms with Gasteiger partial charge in [0.05, 0.1) is 19.0 Å². The lowest BCUT2D eigenvalue weighted by atomic mass is 10.2. The zero-order chi connectivity index (χ0) is 15.9. The molecule has 0 radical (unpaired) electrons. The lowest BCUT2D eigenvalue weighted by Gasteiger charge is -2.28. The number of hydrogen-bond acceptors (Lipinski definition) is 6. The van der Waals surface area contributed by atoms with Crippen molar-refractivity contribution < 1.29 is 9.53 Å². The van der Waals surface area contributed by atoms with Gasteiger partial charge in [-0.05, 0) is 12.8 Å². The summed E-state index contributed by atoms with van der Waals surface area (Å²) >= 11 is 1.44. The lowest BCUT2D eigenvalue weighted by Crippen LogP contribution is -2.38. The zero-order valence-corrected chi connectivity index (χ0v) is 14.4. The van der Waals surface area contributed by atoms with E-state index in [1.807, 2.05) is 6.92 Å². The molecule has 2 rings (SSSR count). The number of morpholine rings is 1. The van der Waals surface area contributed by atoms with Crippen molar-refractivity contribution >= 4 is 23.6 Å². The Hall–Kier alpha value is -1.28. The molecule has 0 unspecified atom stereocenters. The summed E-state index contributed by atoms with van der Waals surface area (Å²) in [6, 6.07) is 0. The number of thioether (sulfide) groups is 1. The van der Waals surface area contributed by atoms with Crippen LogP contribution in [0.1, 0.15) is 20.8 Å². The number of ether oxygens (including phenoxy) is 1. The maximum Gasteiger partial charge on any atom is 0.230 e. The van der Waals surface area contributed by atoms with Crippen LogP contribution in [0, 0.1) is 5.92 Å². The number of nitrogens with one attached hydrogen (secondary N) is 1. The topological polar surface area (TPSA) is 72.3 Å². The summed E-state index contributed by atoms with van der Waals surface area (Å²) in [5, 5.41) is 12.2. The average Bonchev–Trinajstić information content (AvgIpc) is 2.88. The second kappa shape index (κ2) is 8.38. The molecule has 1 aliphatic heterocycles. The molecule has 0 atom stereocenters. The van der Waals surface area contributed by atoms with E-state index in [0.717, 1.165) is 44.0 Å². The molecule has 1 amide bonds. The molecule has 8 heteroatoms. The second-order valence-electron chi connectivity index (χ2n) is 5.63. The summed E-state index contributed by atoms with van der Waals surface area (Å²) in [6.07, 6.45) is 0. The summed E-state index contributed by atoms with van der Waals surface area (Å²) in [5.41, 5.74) is 0. The summed E-state index contributed by atoms with van der Waals surface area (Å²) in [5.74, 6) is 1.77. The average molecular weight is 327 g/mol. The monoisotopic (exact) mass is 327 g/mol. The molecule has 1 N–H and O–H groups in total. The minimum Gasteiger partial charge on any atom is -0.378 e. The highest BCUT2D eigenvalue weighted by atomic mass is 32.2. The van der Waals surface area contributed by atoms with Crippen molar-refractivity contribution in [2.45, 2.75) is 32.5 Å². The first-order chi connectivity index (χ1) is 10.6. The van der Waals surface area contributed by atoms with Gasteiger partial charge >= 0.3 is 0 Å². The number of nitrogens with zero attached hydrogens (tertiary/aromatic N) is 4. The third kappa shape index (κ3) is 4.61. The number of rotatable bonds is 7. The summed E-state index contributed by atoms with van der Waals surface area (Å²) < 4.78 is 7.52. The molecule has 0 aliphatic carbocycles. The molecule has 0 saturated carbocycles. The molecule has 1 aromatic rings. The van der Waals surface area contributed by atoms with E-state index in [9.17, 15) is 4.79 Å². The first-order valence-corrected chi connectivity index (χ1v) is 8.75. The van der Waals surface area contributed by atoms with Crippen LogP contribution in [0.4, 0.5) is 5.95 Å². The molecule has 22 heavy (non-hydrogen) atoms. The number of hydrogen-bond donors (Lipinski definition) is 1. The van der Waals surface area contributed by atoms with E-state index >= 15 is 0 Å². The molecule has 2 heterocycles. The Balaban J connectivity index is 2.11. The number of amides is 1.